The van der Waals surface area contributed by atoms with Crippen LogP contribution in [0.5, 0.6) is 0 Å². The van der Waals surface area contributed by atoms with E-state index in [0.29, 0.717) is 6.10 Å². The van der Waals surface area contributed by atoms with Crippen molar-refractivity contribution < 1.29 is 9.47 Å². The zero-order valence-corrected chi connectivity index (χ0v) is 13.8. The molecule has 0 aromatic rings. The van der Waals surface area contributed by atoms with E-state index in [1.165, 1.54) is 44.9 Å². The highest BCUT2D eigenvalue weighted by molar-refractivity contribution is 4.86. The second-order valence-electron chi connectivity index (χ2n) is 6.85. The summed E-state index contributed by atoms with van der Waals surface area (Å²) in [7, 11) is 0. The molecule has 2 atom stereocenters. The lowest BCUT2D eigenvalue weighted by Gasteiger charge is -2.47. The van der Waals surface area contributed by atoms with E-state index < -0.39 is 5.79 Å². The maximum absolute atomic E-state index is 6.20. The van der Waals surface area contributed by atoms with Gasteiger partial charge in [0.05, 0.1) is 11.7 Å². The van der Waals surface area contributed by atoms with E-state index in [0.717, 1.165) is 12.8 Å². The first kappa shape index (κ1) is 17.0. The third-order valence-corrected chi connectivity index (χ3v) is 4.04. The van der Waals surface area contributed by atoms with E-state index in [9.17, 15) is 0 Å². The molecule has 0 N–H and O–H groups in total. The van der Waals surface area contributed by atoms with Gasteiger partial charge in [-0.1, -0.05) is 52.4 Å². The molecule has 0 amide bonds. The standard InChI is InChI=1S/C17H34O2/c1-6-8-10-11-12-15-14-17(5,13-9-7-2)19-16(3,4)18-15/h15H,6-14H2,1-5H3/t15-,17-/m0/s1. The molecular weight excluding hydrogens is 236 g/mol. The smallest absolute Gasteiger partial charge is 0.163 e. The fraction of sp³-hybridized carbons (Fsp3) is 1.00. The minimum absolute atomic E-state index is 0.00713. The third-order valence-electron chi connectivity index (χ3n) is 4.04. The molecule has 1 rings (SSSR count). The highest BCUT2D eigenvalue weighted by Crippen LogP contribution is 2.38. The summed E-state index contributed by atoms with van der Waals surface area (Å²) >= 11 is 0. The van der Waals surface area contributed by atoms with Crippen LogP contribution in [0.2, 0.25) is 0 Å². The Hall–Kier alpha value is -0.0800. The van der Waals surface area contributed by atoms with E-state index in [1.807, 2.05) is 0 Å². The van der Waals surface area contributed by atoms with Gasteiger partial charge in [0.2, 0.25) is 0 Å². The summed E-state index contributed by atoms with van der Waals surface area (Å²) in [4.78, 5) is 0. The van der Waals surface area contributed by atoms with Crippen molar-refractivity contribution in [2.45, 2.75) is 110 Å². The van der Waals surface area contributed by atoms with E-state index >= 15 is 0 Å². The Morgan fingerprint density at radius 3 is 2.26 bits per heavy atom. The Morgan fingerprint density at radius 2 is 1.63 bits per heavy atom. The fourth-order valence-corrected chi connectivity index (χ4v) is 3.25. The summed E-state index contributed by atoms with van der Waals surface area (Å²) < 4.78 is 12.3. The van der Waals surface area contributed by atoms with Gasteiger partial charge in [0.15, 0.2) is 5.79 Å². The maximum atomic E-state index is 6.20. The lowest BCUT2D eigenvalue weighted by atomic mass is 9.88. The summed E-state index contributed by atoms with van der Waals surface area (Å²) in [5.74, 6) is -0.420. The predicted molar refractivity (Wildman–Crippen MR) is 81.3 cm³/mol. The highest BCUT2D eigenvalue weighted by Gasteiger charge is 2.42. The maximum Gasteiger partial charge on any atom is 0.163 e. The highest BCUT2D eigenvalue weighted by atomic mass is 16.7. The van der Waals surface area contributed by atoms with Gasteiger partial charge < -0.3 is 9.47 Å². The molecular formula is C17H34O2. The van der Waals surface area contributed by atoms with Crippen LogP contribution in [0.4, 0.5) is 0 Å². The Balaban J connectivity index is 2.48. The van der Waals surface area contributed by atoms with Crippen LogP contribution in [0.3, 0.4) is 0 Å². The molecule has 114 valence electrons. The van der Waals surface area contributed by atoms with Crippen LogP contribution >= 0.6 is 0 Å². The second-order valence-corrected chi connectivity index (χ2v) is 6.85. The van der Waals surface area contributed by atoms with Gasteiger partial charge in [0, 0.05) is 6.42 Å². The van der Waals surface area contributed by atoms with Crippen LogP contribution in [-0.2, 0) is 9.47 Å². The largest absolute Gasteiger partial charge is 0.347 e. The van der Waals surface area contributed by atoms with Gasteiger partial charge >= 0.3 is 0 Å². The number of rotatable bonds is 8. The van der Waals surface area contributed by atoms with Gasteiger partial charge in [-0.15, -0.1) is 0 Å². The summed E-state index contributed by atoms with van der Waals surface area (Å²) in [5, 5.41) is 0. The van der Waals surface area contributed by atoms with Crippen LogP contribution in [0, 0.1) is 0 Å². The van der Waals surface area contributed by atoms with Crippen molar-refractivity contribution in [1.82, 2.24) is 0 Å². The van der Waals surface area contributed by atoms with E-state index in [2.05, 4.69) is 34.6 Å². The van der Waals surface area contributed by atoms with E-state index in [1.54, 1.807) is 0 Å². The molecule has 1 fully saturated rings. The lowest BCUT2D eigenvalue weighted by Crippen LogP contribution is -2.50. The summed E-state index contributed by atoms with van der Waals surface area (Å²) in [6, 6.07) is 0. The molecule has 1 saturated heterocycles. The van der Waals surface area contributed by atoms with Gasteiger partial charge in [-0.2, -0.15) is 0 Å². The quantitative estimate of drug-likeness (QED) is 0.546. The van der Waals surface area contributed by atoms with Gasteiger partial charge in [-0.25, -0.2) is 0 Å². The Morgan fingerprint density at radius 1 is 0.947 bits per heavy atom. The number of hydrogen-bond acceptors (Lipinski definition) is 2. The van der Waals surface area contributed by atoms with Gasteiger partial charge in [-0.3, -0.25) is 0 Å². The molecule has 0 radical (unpaired) electrons. The summed E-state index contributed by atoms with van der Waals surface area (Å²) in [6.45, 7) is 10.9. The normalized spacial score (nSPS) is 30.5. The van der Waals surface area contributed by atoms with Gasteiger partial charge in [0.1, 0.15) is 0 Å². The average Bonchev–Trinajstić information content (AvgIpc) is 2.30. The molecule has 0 spiro atoms. The number of unbranched alkanes of at least 4 members (excludes halogenated alkanes) is 4. The van der Waals surface area contributed by atoms with Gasteiger partial charge in [0.25, 0.3) is 0 Å². The first-order valence-electron chi connectivity index (χ1n) is 8.29. The van der Waals surface area contributed by atoms with Crippen molar-refractivity contribution in [3.8, 4) is 0 Å². The monoisotopic (exact) mass is 270 g/mol. The fourth-order valence-electron chi connectivity index (χ4n) is 3.25. The minimum atomic E-state index is -0.420. The van der Waals surface area contributed by atoms with Crippen LogP contribution in [0.1, 0.15) is 92.4 Å². The van der Waals surface area contributed by atoms with Crippen molar-refractivity contribution in [2.75, 3.05) is 0 Å². The van der Waals surface area contributed by atoms with Crippen LogP contribution < -0.4 is 0 Å². The number of hydrogen-bond donors (Lipinski definition) is 0. The van der Waals surface area contributed by atoms with Crippen molar-refractivity contribution in [3.05, 3.63) is 0 Å². The molecule has 1 heterocycles. The SMILES string of the molecule is CCCCCC[C@H]1C[C@](C)(CCCC)OC(C)(C)O1. The molecule has 2 nitrogen and oxygen atoms in total. The van der Waals surface area contributed by atoms with Crippen molar-refractivity contribution in [3.63, 3.8) is 0 Å². The Bertz CT molecular complexity index is 250. The molecule has 0 unspecified atom stereocenters. The lowest BCUT2D eigenvalue weighted by molar-refractivity contribution is -0.331. The van der Waals surface area contributed by atoms with Crippen LogP contribution in [0.25, 0.3) is 0 Å². The molecule has 1 aliphatic rings. The summed E-state index contributed by atoms with van der Waals surface area (Å²) in [6.07, 6.45) is 11.5. The minimum Gasteiger partial charge on any atom is -0.347 e. The Kier molecular flexibility index (Phi) is 6.82. The third kappa shape index (κ3) is 6.27. The van der Waals surface area contributed by atoms with E-state index in [4.69, 9.17) is 9.47 Å². The molecule has 0 aliphatic carbocycles. The van der Waals surface area contributed by atoms with Crippen LogP contribution in [0.15, 0.2) is 0 Å². The molecule has 0 aromatic carbocycles. The van der Waals surface area contributed by atoms with E-state index in [-0.39, 0.29) is 5.60 Å². The molecule has 1 aliphatic heterocycles. The molecule has 0 saturated carbocycles. The molecule has 19 heavy (non-hydrogen) atoms. The first-order valence-corrected chi connectivity index (χ1v) is 8.29. The van der Waals surface area contributed by atoms with Crippen molar-refractivity contribution >= 4 is 0 Å². The molecule has 0 bridgehead atoms. The average molecular weight is 270 g/mol. The predicted octanol–water partition coefficient (Wildman–Crippen LogP) is 5.45. The zero-order chi connectivity index (χ0) is 14.4. The van der Waals surface area contributed by atoms with Crippen molar-refractivity contribution in [2.24, 2.45) is 0 Å². The first-order chi connectivity index (χ1) is 8.91. The summed E-state index contributed by atoms with van der Waals surface area (Å²) in [5.41, 5.74) is 0.00713. The second kappa shape index (κ2) is 7.64. The number of ether oxygens (including phenoxy) is 2. The Labute approximate surface area is 120 Å². The topological polar surface area (TPSA) is 18.5 Å². The van der Waals surface area contributed by atoms with Gasteiger partial charge in [-0.05, 0) is 33.6 Å². The molecule has 2 heteroatoms. The van der Waals surface area contributed by atoms with Crippen LogP contribution in [-0.4, -0.2) is 17.5 Å². The zero-order valence-electron chi connectivity index (χ0n) is 13.8. The van der Waals surface area contributed by atoms with Crippen molar-refractivity contribution in [1.29, 1.82) is 0 Å². The molecule has 0 aromatic heterocycles.